The van der Waals surface area contributed by atoms with E-state index in [9.17, 15) is 28.5 Å². The lowest BCUT2D eigenvalue weighted by atomic mass is 10.1. The van der Waals surface area contributed by atoms with E-state index in [0.29, 0.717) is 12.8 Å². The number of fused-ring (bicyclic) bond motifs is 4. The largest absolute Gasteiger partial charge is 0.472 e. The molecule has 0 aromatic carbocycles. The average Bonchev–Trinajstić information content (AvgIpc) is 3.93. The molecule has 3 aliphatic heterocycles. The molecular formula is C30H35FN10O12P2. The van der Waals surface area contributed by atoms with Crippen molar-refractivity contribution in [3.8, 4) is 0 Å². The van der Waals surface area contributed by atoms with Gasteiger partial charge in [0.05, 0.1) is 38.5 Å². The second kappa shape index (κ2) is 16.0. The van der Waals surface area contributed by atoms with Gasteiger partial charge in [0.2, 0.25) is 11.8 Å². The van der Waals surface area contributed by atoms with E-state index in [2.05, 4.69) is 53.7 Å². The molecule has 2 amide bonds. The summed E-state index contributed by atoms with van der Waals surface area (Å²) < 4.78 is 78.6. The van der Waals surface area contributed by atoms with E-state index in [1.165, 1.54) is 17.2 Å². The molecule has 0 bridgehead atoms. The molecule has 7 rings (SSSR count). The minimum Gasteiger partial charge on any atom is -0.371 e. The number of phosphoric ester groups is 2. The third-order valence-electron chi connectivity index (χ3n) is 8.82. The number of nitrogens with zero attached hydrogens (tertiary/aromatic N) is 8. The number of alkyl halides is 1. The van der Waals surface area contributed by atoms with E-state index >= 15 is 4.39 Å². The number of imidazole rings is 2. The van der Waals surface area contributed by atoms with E-state index in [0.717, 1.165) is 17.2 Å². The standard InChI is InChI=1S/C30H35FN10O12P2/c1-3-5-7-19(42)38-26-22-28(34-12-32-26)40(14-36-22)16-9-48-17-10-49-55(46,47)53-25-18(11-50-54(44,45)52-24(16)17)51-30(21(25)31)41-15-37-23-27(33-13-35-29(23)41)39-20(43)8-6-4-2/h3-4,12-18,21,24-25,30H,1-2,5-11H2,(H,44,45)(H,46,47)(H,32,34,38,42)(H,33,35,39,43)/t16-,17-,18-,21-,24+,25-,30-/m1/s1. The number of phosphoric acid groups is 2. The number of allylic oxidation sites excluding steroid dienone is 2. The first kappa shape index (κ1) is 38.8. The number of halogens is 1. The van der Waals surface area contributed by atoms with Crippen LogP contribution in [0.5, 0.6) is 0 Å². The fraction of sp³-hybridized carbons (Fsp3) is 0.467. The highest BCUT2D eigenvalue weighted by Gasteiger charge is 2.53. The van der Waals surface area contributed by atoms with Gasteiger partial charge in [-0.15, -0.1) is 13.2 Å². The van der Waals surface area contributed by atoms with Gasteiger partial charge in [0.15, 0.2) is 46.4 Å². The Bertz CT molecular complexity index is 2210. The zero-order chi connectivity index (χ0) is 38.9. The first-order valence-corrected chi connectivity index (χ1v) is 19.8. The van der Waals surface area contributed by atoms with Crippen LogP contribution in [-0.4, -0.2) is 111 Å². The molecule has 7 heterocycles. The fourth-order valence-electron chi connectivity index (χ4n) is 6.23. The van der Waals surface area contributed by atoms with Crippen LogP contribution in [0.25, 0.3) is 22.3 Å². The highest BCUT2D eigenvalue weighted by molar-refractivity contribution is 7.47. The van der Waals surface area contributed by atoms with Gasteiger partial charge in [-0.3, -0.25) is 32.3 Å². The molecule has 9 atom stereocenters. The molecule has 0 saturated carbocycles. The van der Waals surface area contributed by atoms with Crippen molar-refractivity contribution in [2.45, 2.75) is 68.5 Å². The lowest BCUT2D eigenvalue weighted by Crippen LogP contribution is -2.37. The summed E-state index contributed by atoms with van der Waals surface area (Å²) in [6.45, 7) is 5.42. The van der Waals surface area contributed by atoms with Crippen molar-refractivity contribution >= 4 is 61.4 Å². The minimum absolute atomic E-state index is 0.0232. The van der Waals surface area contributed by atoms with E-state index in [1.807, 2.05) is 0 Å². The first-order chi connectivity index (χ1) is 26.4. The van der Waals surface area contributed by atoms with Crippen molar-refractivity contribution < 1.29 is 60.5 Å². The molecule has 3 fully saturated rings. The average molecular weight is 809 g/mol. The Kier molecular flexibility index (Phi) is 11.3. The maximum Gasteiger partial charge on any atom is 0.472 e. The number of carbonyl (C=O) groups is 2. The van der Waals surface area contributed by atoms with Crippen molar-refractivity contribution in [1.29, 1.82) is 0 Å². The summed E-state index contributed by atoms with van der Waals surface area (Å²) in [5, 5.41) is 5.27. The molecule has 294 valence electrons. The van der Waals surface area contributed by atoms with Crippen molar-refractivity contribution in [1.82, 2.24) is 39.0 Å². The summed E-state index contributed by atoms with van der Waals surface area (Å²) in [4.78, 5) is 71.5. The smallest absolute Gasteiger partial charge is 0.371 e. The summed E-state index contributed by atoms with van der Waals surface area (Å²) in [5.41, 5.74) is 0.501. The highest BCUT2D eigenvalue weighted by atomic mass is 31.2. The van der Waals surface area contributed by atoms with Gasteiger partial charge >= 0.3 is 15.6 Å². The predicted octanol–water partition coefficient (Wildman–Crippen LogP) is 2.67. The zero-order valence-corrected chi connectivity index (χ0v) is 30.5. The third-order valence-corrected chi connectivity index (χ3v) is 10.8. The first-order valence-electron chi connectivity index (χ1n) is 16.8. The number of aromatic nitrogens is 8. The quantitative estimate of drug-likeness (QED) is 0.132. The molecule has 0 aliphatic carbocycles. The van der Waals surface area contributed by atoms with Crippen molar-refractivity contribution in [3.63, 3.8) is 0 Å². The van der Waals surface area contributed by atoms with Gasteiger partial charge in [-0.1, -0.05) is 12.2 Å². The number of hydrogen-bond acceptors (Lipinski definition) is 16. The number of anilines is 2. The van der Waals surface area contributed by atoms with Crippen LogP contribution in [0.1, 0.15) is 38.0 Å². The lowest BCUT2D eigenvalue weighted by Gasteiger charge is -2.29. The molecule has 3 aliphatic rings. The number of nitrogens with one attached hydrogen (secondary N) is 2. The van der Waals surface area contributed by atoms with Gasteiger partial charge in [-0.2, -0.15) is 0 Å². The number of carbonyl (C=O) groups excluding carboxylic acids is 2. The van der Waals surface area contributed by atoms with Crippen LogP contribution in [0, 0.1) is 0 Å². The summed E-state index contributed by atoms with van der Waals surface area (Å²) in [7, 11) is -10.1. The van der Waals surface area contributed by atoms with Crippen LogP contribution >= 0.6 is 15.6 Å². The van der Waals surface area contributed by atoms with Crippen LogP contribution in [0.15, 0.2) is 50.6 Å². The normalized spacial score (nSPS) is 31.2. The molecule has 25 heteroatoms. The Morgan fingerprint density at radius 3 is 1.91 bits per heavy atom. The van der Waals surface area contributed by atoms with Gasteiger partial charge in [0, 0.05) is 12.8 Å². The molecule has 4 N–H and O–H groups in total. The second-order valence-electron chi connectivity index (χ2n) is 12.5. The maximum atomic E-state index is 16.2. The minimum atomic E-state index is -5.09. The number of ether oxygens (including phenoxy) is 2. The van der Waals surface area contributed by atoms with E-state index in [1.54, 1.807) is 12.2 Å². The summed E-state index contributed by atoms with van der Waals surface area (Å²) in [5.74, 6) is -0.565. The Hall–Kier alpha value is -4.41. The van der Waals surface area contributed by atoms with E-state index in [4.69, 9.17) is 27.6 Å². The van der Waals surface area contributed by atoms with E-state index < -0.39 is 71.7 Å². The molecule has 22 nitrogen and oxygen atoms in total. The van der Waals surface area contributed by atoms with Crippen LogP contribution < -0.4 is 10.6 Å². The van der Waals surface area contributed by atoms with Crippen molar-refractivity contribution in [3.05, 3.63) is 50.6 Å². The Labute approximate surface area is 310 Å². The molecule has 55 heavy (non-hydrogen) atoms. The van der Waals surface area contributed by atoms with Crippen LogP contribution in [0.3, 0.4) is 0 Å². The zero-order valence-electron chi connectivity index (χ0n) is 28.7. The Morgan fingerprint density at radius 1 is 0.800 bits per heavy atom. The molecule has 3 saturated heterocycles. The third kappa shape index (κ3) is 8.26. The van der Waals surface area contributed by atoms with Crippen LogP contribution in [-0.2, 0) is 46.3 Å². The molecule has 2 unspecified atom stereocenters. The number of hydrogen-bond donors (Lipinski definition) is 4. The molecule has 0 radical (unpaired) electrons. The summed E-state index contributed by atoms with van der Waals surface area (Å²) in [6, 6.07) is -0.938. The second-order valence-corrected chi connectivity index (χ2v) is 15.3. The maximum absolute atomic E-state index is 16.2. The van der Waals surface area contributed by atoms with Gasteiger partial charge in [0.25, 0.3) is 0 Å². The summed E-state index contributed by atoms with van der Waals surface area (Å²) >= 11 is 0. The van der Waals surface area contributed by atoms with Crippen LogP contribution in [0.4, 0.5) is 16.0 Å². The monoisotopic (exact) mass is 808 g/mol. The van der Waals surface area contributed by atoms with Gasteiger partial charge in [-0.05, 0) is 12.8 Å². The molecule has 4 aromatic rings. The molecular weight excluding hydrogens is 773 g/mol. The Balaban J connectivity index is 1.12. The predicted molar refractivity (Wildman–Crippen MR) is 186 cm³/mol. The van der Waals surface area contributed by atoms with Gasteiger partial charge in [-0.25, -0.2) is 43.4 Å². The SMILES string of the molecule is C=CCCC(=O)Nc1ncnc2c1ncn2[C@@H]1CO[C@@H]2COP(=O)(O)O[C@H]3[C@@H](F)[C@H](n4cnc5c(NC(=O)CCC=C)ncnc54)O[C@@H]3COP(=O)(O)O[C@@H]12. The molecule has 0 spiro atoms. The van der Waals surface area contributed by atoms with Crippen molar-refractivity contribution in [2.24, 2.45) is 0 Å². The topological polar surface area (TPSA) is 275 Å². The Morgan fingerprint density at radius 2 is 1.33 bits per heavy atom. The van der Waals surface area contributed by atoms with Crippen LogP contribution in [0.2, 0.25) is 0 Å². The van der Waals surface area contributed by atoms with Gasteiger partial charge < -0.3 is 34.5 Å². The molecule has 4 aromatic heterocycles. The number of rotatable bonds is 10. The fourth-order valence-corrected chi connectivity index (χ4v) is 8.17. The van der Waals surface area contributed by atoms with Gasteiger partial charge in [0.1, 0.15) is 37.1 Å². The summed E-state index contributed by atoms with van der Waals surface area (Å²) in [6.07, 6.45) is -0.848. The highest BCUT2D eigenvalue weighted by Crippen LogP contribution is 2.54. The number of amides is 2. The van der Waals surface area contributed by atoms with E-state index in [-0.39, 0.29) is 65.2 Å². The van der Waals surface area contributed by atoms with Crippen molar-refractivity contribution in [2.75, 3.05) is 30.5 Å². The lowest BCUT2D eigenvalue weighted by molar-refractivity contribution is -0.117.